The van der Waals surface area contributed by atoms with Crippen LogP contribution in [0.1, 0.15) is 26.7 Å². The van der Waals surface area contributed by atoms with Crippen molar-refractivity contribution in [3.05, 3.63) is 23.8 Å². The van der Waals surface area contributed by atoms with Gasteiger partial charge in [0.05, 0.1) is 11.4 Å². The van der Waals surface area contributed by atoms with Gasteiger partial charge in [-0.05, 0) is 18.9 Å². The fraction of sp³-hybridized carbons (Fsp3) is 0.500. The summed E-state index contributed by atoms with van der Waals surface area (Å²) in [5, 5.41) is 0. The Morgan fingerprint density at radius 2 is 1.69 bits per heavy atom. The van der Waals surface area contributed by atoms with Crippen molar-refractivity contribution in [1.29, 1.82) is 0 Å². The molecule has 0 saturated carbocycles. The van der Waals surface area contributed by atoms with Crippen molar-refractivity contribution in [2.75, 3.05) is 23.7 Å². The second-order valence-electron chi connectivity index (χ2n) is 3.81. The van der Waals surface area contributed by atoms with Gasteiger partial charge < -0.3 is 10.6 Å². The minimum absolute atomic E-state index is 0.0308. The van der Waals surface area contributed by atoms with Gasteiger partial charge in [-0.2, -0.15) is 0 Å². The van der Waals surface area contributed by atoms with Crippen LogP contribution in [0.25, 0.3) is 0 Å². The Labute approximate surface area is 95.1 Å². The van der Waals surface area contributed by atoms with Crippen molar-refractivity contribution < 1.29 is 8.78 Å². The van der Waals surface area contributed by atoms with E-state index in [0.717, 1.165) is 32.0 Å². The second-order valence-corrected chi connectivity index (χ2v) is 3.81. The highest BCUT2D eigenvalue weighted by Crippen LogP contribution is 2.27. The summed E-state index contributed by atoms with van der Waals surface area (Å²) in [5.41, 5.74) is 6.12. The van der Waals surface area contributed by atoms with Gasteiger partial charge >= 0.3 is 0 Å². The maximum atomic E-state index is 13.3. The van der Waals surface area contributed by atoms with Gasteiger partial charge in [-0.1, -0.05) is 13.8 Å². The standard InChI is InChI=1S/C12H18F2N2/c1-3-5-16(6-4-2)11-8-9(13)7-10(14)12(11)15/h7-8H,3-6,15H2,1-2H3. The molecule has 0 aliphatic heterocycles. The third-order valence-corrected chi connectivity index (χ3v) is 2.40. The predicted octanol–water partition coefficient (Wildman–Crippen LogP) is 3.17. The molecule has 1 aromatic rings. The summed E-state index contributed by atoms with van der Waals surface area (Å²) in [6, 6.07) is 2.11. The molecule has 0 unspecified atom stereocenters. The van der Waals surface area contributed by atoms with Crippen LogP contribution in [-0.2, 0) is 0 Å². The number of nitrogens with two attached hydrogens (primary N) is 1. The molecule has 1 aromatic carbocycles. The number of hydrogen-bond donors (Lipinski definition) is 1. The van der Waals surface area contributed by atoms with Crippen LogP contribution in [0.2, 0.25) is 0 Å². The maximum absolute atomic E-state index is 13.3. The van der Waals surface area contributed by atoms with E-state index in [-0.39, 0.29) is 5.69 Å². The van der Waals surface area contributed by atoms with Crippen molar-refractivity contribution in [2.45, 2.75) is 26.7 Å². The molecule has 0 fully saturated rings. The summed E-state index contributed by atoms with van der Waals surface area (Å²) < 4.78 is 26.4. The van der Waals surface area contributed by atoms with Crippen LogP contribution < -0.4 is 10.6 Å². The molecule has 2 nitrogen and oxygen atoms in total. The summed E-state index contributed by atoms with van der Waals surface area (Å²) >= 11 is 0. The van der Waals surface area contributed by atoms with E-state index in [4.69, 9.17) is 5.73 Å². The monoisotopic (exact) mass is 228 g/mol. The van der Waals surface area contributed by atoms with Gasteiger partial charge in [0.25, 0.3) is 0 Å². The van der Waals surface area contributed by atoms with Crippen LogP contribution in [-0.4, -0.2) is 13.1 Å². The average molecular weight is 228 g/mol. The lowest BCUT2D eigenvalue weighted by atomic mass is 10.2. The van der Waals surface area contributed by atoms with Crippen LogP contribution in [0.5, 0.6) is 0 Å². The van der Waals surface area contributed by atoms with Gasteiger partial charge in [0, 0.05) is 19.2 Å². The van der Waals surface area contributed by atoms with Crippen LogP contribution >= 0.6 is 0 Å². The summed E-state index contributed by atoms with van der Waals surface area (Å²) in [7, 11) is 0. The molecule has 2 N–H and O–H groups in total. The molecular formula is C12H18F2N2. The molecule has 0 aromatic heterocycles. The molecule has 0 aliphatic carbocycles. The number of halogens is 2. The summed E-state index contributed by atoms with van der Waals surface area (Å²) in [5.74, 6) is -1.27. The lowest BCUT2D eigenvalue weighted by Crippen LogP contribution is -2.26. The smallest absolute Gasteiger partial charge is 0.151 e. The molecular weight excluding hydrogens is 210 g/mol. The van der Waals surface area contributed by atoms with Gasteiger partial charge in [-0.25, -0.2) is 8.78 Å². The van der Waals surface area contributed by atoms with Crippen LogP contribution in [0.15, 0.2) is 12.1 Å². The largest absolute Gasteiger partial charge is 0.395 e. The SMILES string of the molecule is CCCN(CCC)c1cc(F)cc(F)c1N. The third kappa shape index (κ3) is 2.84. The number of nitrogens with zero attached hydrogens (tertiary/aromatic N) is 1. The molecule has 0 saturated heterocycles. The van der Waals surface area contributed by atoms with Crippen molar-refractivity contribution >= 4 is 11.4 Å². The molecule has 0 bridgehead atoms. The van der Waals surface area contributed by atoms with Gasteiger partial charge in [0.2, 0.25) is 0 Å². The molecule has 0 amide bonds. The molecule has 0 atom stereocenters. The van der Waals surface area contributed by atoms with E-state index >= 15 is 0 Å². The molecule has 4 heteroatoms. The Kier molecular flexibility index (Phi) is 4.52. The van der Waals surface area contributed by atoms with E-state index in [9.17, 15) is 8.78 Å². The average Bonchev–Trinajstić information content (AvgIpc) is 2.23. The molecule has 0 aliphatic rings. The Balaban J connectivity index is 3.07. The van der Waals surface area contributed by atoms with Crippen molar-refractivity contribution in [2.24, 2.45) is 0 Å². The first-order valence-electron chi connectivity index (χ1n) is 5.59. The van der Waals surface area contributed by atoms with E-state index in [1.54, 1.807) is 0 Å². The van der Waals surface area contributed by atoms with Crippen LogP contribution in [0.3, 0.4) is 0 Å². The molecule has 1 rings (SSSR count). The first-order chi connectivity index (χ1) is 7.60. The molecule has 16 heavy (non-hydrogen) atoms. The van der Waals surface area contributed by atoms with Gasteiger partial charge in [-0.3, -0.25) is 0 Å². The molecule has 0 radical (unpaired) electrons. The first kappa shape index (κ1) is 12.7. The Morgan fingerprint density at radius 3 is 2.19 bits per heavy atom. The number of rotatable bonds is 5. The van der Waals surface area contributed by atoms with E-state index in [2.05, 4.69) is 0 Å². The van der Waals surface area contributed by atoms with E-state index in [1.807, 2.05) is 18.7 Å². The number of anilines is 2. The number of hydrogen-bond acceptors (Lipinski definition) is 2. The highest BCUT2D eigenvalue weighted by molar-refractivity contribution is 5.68. The Morgan fingerprint density at radius 1 is 1.12 bits per heavy atom. The van der Waals surface area contributed by atoms with Crippen molar-refractivity contribution in [3.8, 4) is 0 Å². The van der Waals surface area contributed by atoms with Crippen LogP contribution in [0, 0.1) is 11.6 Å². The summed E-state index contributed by atoms with van der Waals surface area (Å²) in [6.45, 7) is 5.55. The zero-order valence-corrected chi connectivity index (χ0v) is 9.76. The first-order valence-corrected chi connectivity index (χ1v) is 5.59. The van der Waals surface area contributed by atoms with Gasteiger partial charge in [0.1, 0.15) is 5.82 Å². The summed E-state index contributed by atoms with van der Waals surface area (Å²) in [4.78, 5) is 1.92. The van der Waals surface area contributed by atoms with E-state index in [0.29, 0.717) is 5.69 Å². The topological polar surface area (TPSA) is 29.3 Å². The highest BCUT2D eigenvalue weighted by atomic mass is 19.1. The lowest BCUT2D eigenvalue weighted by molar-refractivity contribution is 0.584. The van der Waals surface area contributed by atoms with Gasteiger partial charge in [-0.15, -0.1) is 0 Å². The molecule has 90 valence electrons. The maximum Gasteiger partial charge on any atom is 0.151 e. The number of nitrogen functional groups attached to an aromatic ring is 1. The van der Waals surface area contributed by atoms with E-state index in [1.165, 1.54) is 6.07 Å². The normalized spacial score (nSPS) is 10.5. The second kappa shape index (κ2) is 5.68. The zero-order valence-electron chi connectivity index (χ0n) is 9.76. The highest BCUT2D eigenvalue weighted by Gasteiger charge is 2.13. The minimum atomic E-state index is -0.688. The van der Waals surface area contributed by atoms with E-state index < -0.39 is 11.6 Å². The van der Waals surface area contributed by atoms with Crippen molar-refractivity contribution in [1.82, 2.24) is 0 Å². The zero-order chi connectivity index (χ0) is 12.1. The fourth-order valence-corrected chi connectivity index (χ4v) is 1.73. The fourth-order valence-electron chi connectivity index (χ4n) is 1.73. The van der Waals surface area contributed by atoms with Crippen molar-refractivity contribution in [3.63, 3.8) is 0 Å². The third-order valence-electron chi connectivity index (χ3n) is 2.40. The Bertz CT molecular complexity index is 347. The quantitative estimate of drug-likeness (QED) is 0.784. The molecule has 0 spiro atoms. The number of benzene rings is 1. The lowest BCUT2D eigenvalue weighted by Gasteiger charge is -2.25. The minimum Gasteiger partial charge on any atom is -0.395 e. The van der Waals surface area contributed by atoms with Crippen LogP contribution in [0.4, 0.5) is 20.2 Å². The molecule has 0 heterocycles. The van der Waals surface area contributed by atoms with Gasteiger partial charge in [0.15, 0.2) is 5.82 Å². The Hall–Kier alpha value is -1.32. The summed E-state index contributed by atoms with van der Waals surface area (Å²) in [6.07, 6.45) is 1.83. The predicted molar refractivity (Wildman–Crippen MR) is 63.6 cm³/mol.